The van der Waals surface area contributed by atoms with Gasteiger partial charge in [-0.1, -0.05) is 43.5 Å². The highest BCUT2D eigenvalue weighted by atomic mass is 79.9. The Kier molecular flexibility index (Phi) is 6.12. The van der Waals surface area contributed by atoms with Crippen molar-refractivity contribution in [2.45, 2.75) is 22.0 Å². The lowest BCUT2D eigenvalue weighted by atomic mass is 10.3. The molecule has 0 unspecified atom stereocenters. The fourth-order valence-electron chi connectivity index (χ4n) is 0.420. The van der Waals surface area contributed by atoms with Gasteiger partial charge < -0.3 is 0 Å². The Balaban J connectivity index is 3.07. The molecule has 9 heavy (non-hydrogen) atoms. The van der Waals surface area contributed by atoms with Crippen molar-refractivity contribution >= 4 is 55.1 Å². The maximum atomic E-state index is 5.76. The molecular weight excluding hydrogens is 291 g/mol. The number of hydrogen-bond donors (Lipinski definition) is 0. The molecule has 0 heterocycles. The van der Waals surface area contributed by atoms with E-state index in [9.17, 15) is 0 Å². The molecule has 0 rings (SSSR count). The Bertz CT molecular complexity index is 69.8. The number of hydrogen-bond acceptors (Lipinski definition) is 0. The fraction of sp³-hybridized carbons (Fsp3) is 1.00. The zero-order valence-electron chi connectivity index (χ0n) is 4.84. The van der Waals surface area contributed by atoms with Crippen molar-refractivity contribution in [3.05, 3.63) is 0 Å². The summed E-state index contributed by atoms with van der Waals surface area (Å²) in [5.41, 5.74) is 0. The van der Waals surface area contributed by atoms with Crippen LogP contribution in [0.4, 0.5) is 0 Å². The van der Waals surface area contributed by atoms with E-state index in [0.717, 1.165) is 19.3 Å². The van der Waals surface area contributed by atoms with Crippen LogP contribution >= 0.6 is 55.1 Å². The monoisotopic (exact) mass is 296 g/mol. The Labute approximate surface area is 82.5 Å². The first-order chi connectivity index (χ1) is 4.06. The van der Waals surface area contributed by atoms with Crippen LogP contribution in [0.5, 0.6) is 0 Å². The predicted octanol–water partition coefficient (Wildman–Crippen LogP) is 4.08. The van der Waals surface area contributed by atoms with Gasteiger partial charge in [-0.2, -0.15) is 0 Å². The van der Waals surface area contributed by atoms with Gasteiger partial charge in [-0.3, -0.25) is 0 Å². The highest BCUT2D eigenvalue weighted by Crippen LogP contribution is 2.36. The second-order valence-electron chi connectivity index (χ2n) is 1.76. The summed E-state index contributed by atoms with van der Waals surface area (Å²) >= 11 is 17.7. The van der Waals surface area contributed by atoms with Gasteiger partial charge in [0.05, 0.1) is 0 Å². The first kappa shape index (κ1) is 10.5. The largest absolute Gasteiger partial charge is 0.153 e. The van der Waals surface area contributed by atoms with Gasteiger partial charge >= 0.3 is 0 Å². The van der Waals surface area contributed by atoms with Crippen molar-refractivity contribution < 1.29 is 0 Å². The Morgan fingerprint density at radius 2 is 1.78 bits per heavy atom. The van der Waals surface area contributed by atoms with Gasteiger partial charge in [0.25, 0.3) is 0 Å². The van der Waals surface area contributed by atoms with E-state index >= 15 is 0 Å². The highest BCUT2D eigenvalue weighted by Gasteiger charge is 2.16. The fourth-order valence-corrected chi connectivity index (χ4v) is 1.30. The topological polar surface area (TPSA) is 0 Å². The molecule has 0 aromatic rings. The van der Waals surface area contributed by atoms with Crippen molar-refractivity contribution in [3.63, 3.8) is 0 Å². The molecule has 0 bridgehead atoms. The van der Waals surface area contributed by atoms with Gasteiger partial charge in [-0.25, -0.2) is 0 Å². The number of rotatable bonds is 4. The van der Waals surface area contributed by atoms with Crippen LogP contribution in [-0.2, 0) is 0 Å². The Hall–Kier alpha value is 1.54. The van der Waals surface area contributed by atoms with Crippen LogP contribution < -0.4 is 0 Å². The van der Waals surface area contributed by atoms with Crippen LogP contribution in [0.25, 0.3) is 0 Å². The summed E-state index contributed by atoms with van der Waals surface area (Å²) in [6, 6.07) is 0. The minimum Gasteiger partial charge on any atom is -0.127 e. The summed E-state index contributed by atoms with van der Waals surface area (Å²) in [7, 11) is 0. The first-order valence-electron chi connectivity index (χ1n) is 2.69. The molecule has 0 spiro atoms. The van der Waals surface area contributed by atoms with Crippen LogP contribution in [0.2, 0.25) is 0 Å². The molecule has 0 saturated heterocycles. The molecule has 0 N–H and O–H groups in total. The third-order valence-electron chi connectivity index (χ3n) is 0.844. The van der Waals surface area contributed by atoms with E-state index in [-0.39, 0.29) is 0 Å². The van der Waals surface area contributed by atoms with E-state index in [4.69, 9.17) is 23.2 Å². The minimum absolute atomic E-state index is 0.411. The third-order valence-corrected chi connectivity index (χ3v) is 2.09. The average molecular weight is 299 g/mol. The lowest BCUT2D eigenvalue weighted by molar-refractivity contribution is 0.755. The van der Waals surface area contributed by atoms with Crippen molar-refractivity contribution in [2.24, 2.45) is 0 Å². The standard InChI is InChI=1S/C5H8Br2Cl2/c6-5(7,9)3-1-2-4-8/h1-4H2. The van der Waals surface area contributed by atoms with Crippen LogP contribution in [-0.4, -0.2) is 8.57 Å². The average Bonchev–Trinajstić information content (AvgIpc) is 1.63. The van der Waals surface area contributed by atoms with E-state index < -0.39 is 2.69 Å². The van der Waals surface area contributed by atoms with Crippen molar-refractivity contribution in [1.82, 2.24) is 0 Å². The first-order valence-corrected chi connectivity index (χ1v) is 5.19. The Morgan fingerprint density at radius 1 is 1.22 bits per heavy atom. The van der Waals surface area contributed by atoms with Gasteiger partial charge in [0.15, 0.2) is 2.69 Å². The lowest BCUT2D eigenvalue weighted by Gasteiger charge is -2.09. The van der Waals surface area contributed by atoms with Gasteiger partial charge in [-0.15, -0.1) is 11.6 Å². The summed E-state index contributed by atoms with van der Waals surface area (Å²) in [4.78, 5) is 0. The zero-order chi connectivity index (χ0) is 7.33. The Morgan fingerprint density at radius 3 is 2.11 bits per heavy atom. The molecule has 0 aromatic carbocycles. The van der Waals surface area contributed by atoms with Crippen LogP contribution in [0, 0.1) is 0 Å². The van der Waals surface area contributed by atoms with E-state index in [0.29, 0.717) is 5.88 Å². The van der Waals surface area contributed by atoms with E-state index in [2.05, 4.69) is 31.9 Å². The summed E-state index contributed by atoms with van der Waals surface area (Å²) in [6.07, 6.45) is 2.96. The number of unbranched alkanes of at least 4 members (excludes halogenated alkanes) is 1. The summed E-state index contributed by atoms with van der Waals surface area (Å²) in [6.45, 7) is 0. The maximum Gasteiger partial charge on any atom is 0.153 e. The molecule has 0 aliphatic rings. The molecule has 0 aliphatic carbocycles. The summed E-state index contributed by atoms with van der Waals surface area (Å²) in [5.74, 6) is 0.715. The second-order valence-corrected chi connectivity index (χ2v) is 7.47. The molecule has 0 fully saturated rings. The predicted molar refractivity (Wildman–Crippen MR) is 51.0 cm³/mol. The molecule has 56 valence electrons. The van der Waals surface area contributed by atoms with Crippen LogP contribution in [0.1, 0.15) is 19.3 Å². The molecule has 0 amide bonds. The van der Waals surface area contributed by atoms with E-state index in [1.54, 1.807) is 0 Å². The third kappa shape index (κ3) is 9.54. The molecule has 0 aromatic heterocycles. The lowest BCUT2D eigenvalue weighted by Crippen LogP contribution is -1.98. The van der Waals surface area contributed by atoms with Crippen LogP contribution in [0.3, 0.4) is 0 Å². The zero-order valence-corrected chi connectivity index (χ0v) is 9.52. The highest BCUT2D eigenvalue weighted by molar-refractivity contribution is 9.26. The van der Waals surface area contributed by atoms with Crippen LogP contribution in [0.15, 0.2) is 0 Å². The van der Waals surface area contributed by atoms with Gasteiger partial charge in [0.2, 0.25) is 0 Å². The minimum atomic E-state index is -0.411. The maximum absolute atomic E-state index is 5.76. The van der Waals surface area contributed by atoms with Crippen molar-refractivity contribution in [1.29, 1.82) is 0 Å². The summed E-state index contributed by atoms with van der Waals surface area (Å²) in [5, 5.41) is 0. The molecule has 0 atom stereocenters. The van der Waals surface area contributed by atoms with Gasteiger partial charge in [0, 0.05) is 5.88 Å². The van der Waals surface area contributed by atoms with Gasteiger partial charge in [-0.05, 0) is 19.3 Å². The number of halogens is 4. The van der Waals surface area contributed by atoms with Crippen molar-refractivity contribution in [2.75, 3.05) is 5.88 Å². The molecule has 0 radical (unpaired) electrons. The summed E-state index contributed by atoms with van der Waals surface area (Å²) < 4.78 is -0.411. The van der Waals surface area contributed by atoms with E-state index in [1.807, 2.05) is 0 Å². The molecule has 0 aliphatic heterocycles. The second kappa shape index (κ2) is 5.22. The molecule has 0 saturated carbocycles. The molecular formula is C5H8Br2Cl2. The van der Waals surface area contributed by atoms with E-state index in [1.165, 1.54) is 0 Å². The van der Waals surface area contributed by atoms with Crippen molar-refractivity contribution in [3.8, 4) is 0 Å². The smallest absolute Gasteiger partial charge is 0.127 e. The normalized spacial score (nSPS) is 12.0. The molecule has 4 heteroatoms. The molecule has 0 nitrogen and oxygen atoms in total. The SMILES string of the molecule is ClCCCCC(Cl)(Br)Br. The number of alkyl halides is 4. The quantitative estimate of drug-likeness (QED) is 0.542. The van der Waals surface area contributed by atoms with Gasteiger partial charge in [0.1, 0.15) is 0 Å².